The molecule has 0 aliphatic rings. The largest absolute Gasteiger partial charge is 0.478 e. The van der Waals surface area contributed by atoms with Crippen molar-refractivity contribution in [3.63, 3.8) is 0 Å². The summed E-state index contributed by atoms with van der Waals surface area (Å²) in [5.41, 5.74) is 0.259. The first-order chi connectivity index (χ1) is 8.81. The minimum absolute atomic E-state index is 0.00507. The SMILES string of the molecule is Cc1[nH]cc(NS(=O)(=O)c2ccc(Cl)s2)c1C(=O)O. The zero-order chi connectivity index (χ0) is 14.2. The van der Waals surface area contributed by atoms with Crippen molar-refractivity contribution >= 4 is 44.6 Å². The van der Waals surface area contributed by atoms with E-state index >= 15 is 0 Å². The van der Waals surface area contributed by atoms with Crippen LogP contribution in [-0.2, 0) is 10.0 Å². The van der Waals surface area contributed by atoms with Crippen LogP contribution in [0.25, 0.3) is 0 Å². The molecular formula is C10H9ClN2O4S2. The Bertz CT molecular complexity index is 733. The lowest BCUT2D eigenvalue weighted by Crippen LogP contribution is -2.13. The van der Waals surface area contributed by atoms with Crippen LogP contribution in [0, 0.1) is 6.92 Å². The molecule has 0 atom stereocenters. The maximum Gasteiger partial charge on any atom is 0.339 e. The number of carboxylic acids is 1. The number of sulfonamides is 1. The van der Waals surface area contributed by atoms with Gasteiger partial charge in [0.2, 0.25) is 0 Å². The maximum atomic E-state index is 12.0. The van der Waals surface area contributed by atoms with Gasteiger partial charge in [-0.3, -0.25) is 4.72 Å². The van der Waals surface area contributed by atoms with E-state index in [1.165, 1.54) is 18.3 Å². The maximum absolute atomic E-state index is 12.0. The van der Waals surface area contributed by atoms with Gasteiger partial charge in [0, 0.05) is 11.9 Å². The Morgan fingerprint density at radius 1 is 1.47 bits per heavy atom. The molecule has 3 N–H and O–H groups in total. The van der Waals surface area contributed by atoms with Gasteiger partial charge in [0.1, 0.15) is 9.77 Å². The van der Waals surface area contributed by atoms with Crippen LogP contribution in [0.3, 0.4) is 0 Å². The summed E-state index contributed by atoms with van der Waals surface area (Å²) in [6, 6.07) is 2.82. The lowest BCUT2D eigenvalue weighted by atomic mass is 10.2. The van der Waals surface area contributed by atoms with E-state index in [-0.39, 0.29) is 15.5 Å². The number of carbonyl (C=O) groups is 1. The molecule has 2 heterocycles. The van der Waals surface area contributed by atoms with Crippen LogP contribution in [0.2, 0.25) is 4.34 Å². The predicted molar refractivity (Wildman–Crippen MR) is 72.6 cm³/mol. The zero-order valence-electron chi connectivity index (χ0n) is 9.60. The molecular weight excluding hydrogens is 312 g/mol. The van der Waals surface area contributed by atoms with Gasteiger partial charge >= 0.3 is 5.97 Å². The molecule has 0 saturated heterocycles. The molecule has 0 saturated carbocycles. The molecule has 0 amide bonds. The van der Waals surface area contributed by atoms with Gasteiger partial charge in [-0.05, 0) is 19.1 Å². The highest BCUT2D eigenvalue weighted by atomic mass is 35.5. The van der Waals surface area contributed by atoms with Crippen LogP contribution < -0.4 is 4.72 Å². The molecule has 0 spiro atoms. The smallest absolute Gasteiger partial charge is 0.339 e. The first-order valence-corrected chi connectivity index (χ1v) is 7.68. The van der Waals surface area contributed by atoms with Gasteiger partial charge in [0.25, 0.3) is 10.0 Å². The number of aromatic nitrogens is 1. The van der Waals surface area contributed by atoms with E-state index in [1.807, 2.05) is 0 Å². The van der Waals surface area contributed by atoms with Gasteiger partial charge in [-0.25, -0.2) is 13.2 Å². The van der Waals surface area contributed by atoms with Gasteiger partial charge in [-0.1, -0.05) is 11.6 Å². The molecule has 0 aromatic carbocycles. The fraction of sp³-hybridized carbons (Fsp3) is 0.100. The number of anilines is 1. The van der Waals surface area contributed by atoms with E-state index in [0.29, 0.717) is 10.0 Å². The number of aryl methyl sites for hydroxylation is 1. The Kier molecular flexibility index (Phi) is 3.57. The summed E-state index contributed by atoms with van der Waals surface area (Å²) in [6.45, 7) is 1.54. The van der Waals surface area contributed by atoms with Crippen molar-refractivity contribution in [1.82, 2.24) is 4.98 Å². The number of carboxylic acid groups (broad SMARTS) is 1. The van der Waals surface area contributed by atoms with E-state index in [0.717, 1.165) is 11.3 Å². The van der Waals surface area contributed by atoms with Crippen molar-refractivity contribution in [2.75, 3.05) is 4.72 Å². The highest BCUT2D eigenvalue weighted by Gasteiger charge is 2.22. The minimum atomic E-state index is -3.83. The van der Waals surface area contributed by atoms with Crippen LogP contribution in [0.1, 0.15) is 16.1 Å². The summed E-state index contributed by atoms with van der Waals surface area (Å²) in [4.78, 5) is 13.7. The molecule has 0 aliphatic carbocycles. The number of rotatable bonds is 4. The van der Waals surface area contributed by atoms with Crippen molar-refractivity contribution in [2.45, 2.75) is 11.1 Å². The van der Waals surface area contributed by atoms with Crippen LogP contribution >= 0.6 is 22.9 Å². The van der Waals surface area contributed by atoms with Gasteiger partial charge in [0.15, 0.2) is 0 Å². The molecule has 2 aromatic rings. The predicted octanol–water partition coefficient (Wildman–Crippen LogP) is 2.54. The van der Waals surface area contributed by atoms with Crippen LogP contribution in [0.15, 0.2) is 22.5 Å². The Balaban J connectivity index is 2.39. The summed E-state index contributed by atoms with van der Waals surface area (Å²) >= 11 is 6.57. The number of H-pyrrole nitrogens is 1. The van der Waals surface area contributed by atoms with E-state index in [4.69, 9.17) is 16.7 Å². The Hall–Kier alpha value is -1.51. The lowest BCUT2D eigenvalue weighted by molar-refractivity contribution is 0.0697. The van der Waals surface area contributed by atoms with E-state index in [2.05, 4.69) is 9.71 Å². The molecule has 19 heavy (non-hydrogen) atoms. The molecule has 0 bridgehead atoms. The lowest BCUT2D eigenvalue weighted by Gasteiger charge is -2.05. The molecule has 0 unspecified atom stereocenters. The van der Waals surface area contributed by atoms with Gasteiger partial charge in [0.05, 0.1) is 10.0 Å². The van der Waals surface area contributed by atoms with Gasteiger partial charge in [-0.15, -0.1) is 11.3 Å². The van der Waals surface area contributed by atoms with Gasteiger partial charge in [-0.2, -0.15) is 0 Å². The molecule has 6 nitrogen and oxygen atoms in total. The molecule has 0 aliphatic heterocycles. The first kappa shape index (κ1) is 13.9. The quantitative estimate of drug-likeness (QED) is 0.806. The Morgan fingerprint density at radius 3 is 2.68 bits per heavy atom. The van der Waals surface area contributed by atoms with E-state index < -0.39 is 16.0 Å². The van der Waals surface area contributed by atoms with Crippen LogP contribution in [0.4, 0.5) is 5.69 Å². The third kappa shape index (κ3) is 2.75. The second-order valence-electron chi connectivity index (χ2n) is 3.67. The van der Waals surface area contributed by atoms with Crippen molar-refractivity contribution in [2.24, 2.45) is 0 Å². The monoisotopic (exact) mass is 320 g/mol. The molecule has 9 heteroatoms. The number of nitrogens with one attached hydrogen (secondary N) is 2. The van der Waals surface area contributed by atoms with Gasteiger partial charge < -0.3 is 10.1 Å². The number of hydrogen-bond donors (Lipinski definition) is 3. The number of halogens is 1. The number of thiophene rings is 1. The third-order valence-electron chi connectivity index (χ3n) is 2.35. The van der Waals surface area contributed by atoms with Crippen molar-refractivity contribution in [1.29, 1.82) is 0 Å². The number of aromatic amines is 1. The molecule has 0 fully saturated rings. The highest BCUT2D eigenvalue weighted by molar-refractivity contribution is 7.94. The van der Waals surface area contributed by atoms with Crippen molar-refractivity contribution in [3.05, 3.63) is 33.9 Å². The first-order valence-electron chi connectivity index (χ1n) is 5.00. The zero-order valence-corrected chi connectivity index (χ0v) is 12.0. The minimum Gasteiger partial charge on any atom is -0.478 e. The summed E-state index contributed by atoms with van der Waals surface area (Å²) in [6.07, 6.45) is 1.30. The van der Waals surface area contributed by atoms with Crippen LogP contribution in [0.5, 0.6) is 0 Å². The average molecular weight is 321 g/mol. The summed E-state index contributed by atoms with van der Waals surface area (Å²) < 4.78 is 26.7. The number of hydrogen-bond acceptors (Lipinski definition) is 4. The molecule has 2 rings (SSSR count). The third-order valence-corrected chi connectivity index (χ3v) is 5.44. The normalized spacial score (nSPS) is 11.5. The topological polar surface area (TPSA) is 99.3 Å². The van der Waals surface area contributed by atoms with Crippen molar-refractivity contribution < 1.29 is 18.3 Å². The molecule has 2 aromatic heterocycles. The van der Waals surface area contributed by atoms with E-state index in [1.54, 1.807) is 6.92 Å². The van der Waals surface area contributed by atoms with Crippen LogP contribution in [-0.4, -0.2) is 24.5 Å². The van der Waals surface area contributed by atoms with E-state index in [9.17, 15) is 13.2 Å². The molecule has 102 valence electrons. The van der Waals surface area contributed by atoms with Crippen molar-refractivity contribution in [3.8, 4) is 0 Å². The number of aromatic carboxylic acids is 1. The second-order valence-corrected chi connectivity index (χ2v) is 7.30. The highest BCUT2D eigenvalue weighted by Crippen LogP contribution is 2.28. The Labute approximate surface area is 118 Å². The fourth-order valence-corrected chi connectivity index (χ4v) is 4.07. The summed E-state index contributed by atoms with van der Waals surface area (Å²) in [7, 11) is -3.83. The standard InChI is InChI=1S/C10H9ClN2O4S2/c1-5-9(10(14)15)6(4-12-5)13-19(16,17)8-3-2-7(11)18-8/h2-4,12-13H,1H3,(H,14,15). The second kappa shape index (κ2) is 4.87. The average Bonchev–Trinajstić information content (AvgIpc) is 2.85. The summed E-state index contributed by atoms with van der Waals surface area (Å²) in [5, 5.41) is 9.03. The fourth-order valence-electron chi connectivity index (χ4n) is 1.52. The molecule has 0 radical (unpaired) electrons. The Morgan fingerprint density at radius 2 is 2.16 bits per heavy atom. The summed E-state index contributed by atoms with van der Waals surface area (Å²) in [5.74, 6) is -1.21.